The third-order valence-corrected chi connectivity index (χ3v) is 13.4. The van der Waals surface area contributed by atoms with Crippen molar-refractivity contribution in [3.05, 3.63) is 117 Å². The Labute approximate surface area is 369 Å². The van der Waals surface area contributed by atoms with Crippen LogP contribution >= 0.6 is 22.7 Å². The van der Waals surface area contributed by atoms with Crippen molar-refractivity contribution >= 4 is 58.0 Å². The van der Waals surface area contributed by atoms with E-state index in [1.54, 1.807) is 22.7 Å². The normalized spacial score (nSPS) is 18.2. The first-order valence-corrected chi connectivity index (χ1v) is 22.9. The van der Waals surface area contributed by atoms with E-state index in [-0.39, 0.29) is 48.8 Å². The Morgan fingerprint density at radius 3 is 1.77 bits per heavy atom. The molecule has 2 fully saturated rings. The number of thiophene rings is 2. The number of hydrogen-bond donors (Lipinski definition) is 3. The SMILES string of the molecule is COC(=O)N[C@@H](CC(=O)N1CCC[C@H]1C1=NC=C(c2ccc(-c3ccc(-c4cnc([C@@H]5CCCN5C(=O)C[C@@H](Cc5ccsc5)NC(=O)OC)[nH]4)cc3)cc2)C1)Cc1ccsc1. The number of nitrogens with one attached hydrogen (secondary N) is 3. The van der Waals surface area contributed by atoms with Crippen molar-refractivity contribution in [1.29, 1.82) is 0 Å². The fraction of sp³-hybridized carbons (Fsp3) is 0.362. The minimum Gasteiger partial charge on any atom is -0.453 e. The summed E-state index contributed by atoms with van der Waals surface area (Å²) in [5, 5.41) is 13.7. The van der Waals surface area contributed by atoms with Crippen LogP contribution in [0.5, 0.6) is 0 Å². The number of nitrogens with zero attached hydrogens (tertiary/aromatic N) is 4. The van der Waals surface area contributed by atoms with Gasteiger partial charge in [0.1, 0.15) is 5.82 Å². The highest BCUT2D eigenvalue weighted by molar-refractivity contribution is 7.08. The third-order valence-electron chi connectivity index (χ3n) is 12.0. The molecule has 0 spiro atoms. The van der Waals surface area contributed by atoms with E-state index in [4.69, 9.17) is 19.5 Å². The topological polar surface area (TPSA) is 158 Å². The van der Waals surface area contributed by atoms with E-state index in [1.807, 2.05) is 55.8 Å². The molecule has 6 heterocycles. The Morgan fingerprint density at radius 1 is 0.726 bits per heavy atom. The number of hydrogen-bond acceptors (Lipinski definition) is 10. The number of amides is 4. The first kappa shape index (κ1) is 42.6. The van der Waals surface area contributed by atoms with Gasteiger partial charge in [-0.3, -0.25) is 14.6 Å². The van der Waals surface area contributed by atoms with E-state index in [1.165, 1.54) is 14.2 Å². The van der Waals surface area contributed by atoms with E-state index < -0.39 is 12.2 Å². The second-order valence-corrected chi connectivity index (χ2v) is 17.6. The fourth-order valence-corrected chi connectivity index (χ4v) is 10.2. The molecular formula is C47H51N7O6S2. The summed E-state index contributed by atoms with van der Waals surface area (Å²) in [6.07, 6.45) is 8.30. The quantitative estimate of drug-likeness (QED) is 0.0953. The Bertz CT molecular complexity index is 2390. The smallest absolute Gasteiger partial charge is 0.407 e. The van der Waals surface area contributed by atoms with Crippen molar-refractivity contribution in [3.8, 4) is 22.4 Å². The van der Waals surface area contributed by atoms with Gasteiger partial charge in [-0.05, 0) is 111 Å². The van der Waals surface area contributed by atoms with Crippen molar-refractivity contribution in [3.63, 3.8) is 0 Å². The van der Waals surface area contributed by atoms with E-state index >= 15 is 0 Å². The van der Waals surface area contributed by atoms with Crippen LogP contribution in [-0.4, -0.2) is 94.9 Å². The maximum absolute atomic E-state index is 13.7. The zero-order chi connectivity index (χ0) is 43.0. The third kappa shape index (κ3) is 10.2. The standard InChI is InChI=1S/C47H51N7O6S2/c1-59-46(57)50-37(21-30-15-19-61-28-30)24-43(55)53-17-3-5-41(53)39-23-36(26-48-39)34-9-7-32(8-10-34)33-11-13-35(14-12-33)40-27-49-45(52-40)42-6-4-18-54(42)44(56)25-38(51-47(58)60-2)22-31-16-20-62-29-31/h7-16,19-20,26-29,37-38,41-42H,3-6,17-18,21-25H2,1-2H3,(H,49,52)(H,50,57)(H,51,58)/t37-,38-,41+,42+/m1/s1. The van der Waals surface area contributed by atoms with E-state index in [0.717, 1.165) is 81.9 Å². The van der Waals surface area contributed by atoms with E-state index in [9.17, 15) is 19.2 Å². The van der Waals surface area contributed by atoms with Crippen LogP contribution in [0.2, 0.25) is 0 Å². The summed E-state index contributed by atoms with van der Waals surface area (Å²) in [6.45, 7) is 1.31. The van der Waals surface area contributed by atoms with Gasteiger partial charge >= 0.3 is 12.2 Å². The van der Waals surface area contributed by atoms with Crippen LogP contribution in [0.4, 0.5) is 9.59 Å². The van der Waals surface area contributed by atoms with Gasteiger partial charge < -0.3 is 34.9 Å². The number of methoxy groups -OCH3 is 2. The zero-order valence-corrected chi connectivity index (χ0v) is 36.5. The highest BCUT2D eigenvalue weighted by Crippen LogP contribution is 2.34. The summed E-state index contributed by atoms with van der Waals surface area (Å²) in [6, 6.07) is 19.9. The van der Waals surface area contributed by atoms with Crippen molar-refractivity contribution in [1.82, 2.24) is 30.4 Å². The lowest BCUT2D eigenvalue weighted by Crippen LogP contribution is -2.45. The highest BCUT2D eigenvalue weighted by Gasteiger charge is 2.36. The number of aromatic nitrogens is 2. The largest absolute Gasteiger partial charge is 0.453 e. The van der Waals surface area contributed by atoms with Crippen molar-refractivity contribution in [2.45, 2.75) is 82.0 Å². The van der Waals surface area contributed by atoms with Gasteiger partial charge in [0.05, 0.1) is 38.2 Å². The summed E-state index contributed by atoms with van der Waals surface area (Å²) in [4.78, 5) is 68.4. The number of imidazole rings is 1. The van der Waals surface area contributed by atoms with Crippen molar-refractivity contribution < 1.29 is 28.7 Å². The maximum Gasteiger partial charge on any atom is 0.407 e. The molecule has 3 aliphatic rings. The molecule has 0 unspecified atom stereocenters. The minimum absolute atomic E-state index is 0.0119. The van der Waals surface area contributed by atoms with Gasteiger partial charge in [0.15, 0.2) is 0 Å². The Hall–Kier alpha value is -6.06. The number of ether oxygens (including phenoxy) is 2. The Balaban J connectivity index is 0.856. The summed E-state index contributed by atoms with van der Waals surface area (Å²) in [7, 11) is 2.66. The number of alkyl carbamates (subject to hydrolysis) is 2. The molecule has 3 aromatic heterocycles. The molecule has 62 heavy (non-hydrogen) atoms. The summed E-state index contributed by atoms with van der Waals surface area (Å²) < 4.78 is 9.68. The van der Waals surface area contributed by atoms with Crippen LogP contribution in [0.3, 0.4) is 0 Å². The highest BCUT2D eigenvalue weighted by atomic mass is 32.1. The number of rotatable bonds is 15. The van der Waals surface area contributed by atoms with Gasteiger partial charge in [0.25, 0.3) is 0 Å². The predicted molar refractivity (Wildman–Crippen MR) is 242 cm³/mol. The molecule has 13 nitrogen and oxygen atoms in total. The number of likely N-dealkylation sites (tertiary alicyclic amines) is 2. The predicted octanol–water partition coefficient (Wildman–Crippen LogP) is 8.42. The first-order valence-electron chi connectivity index (χ1n) is 21.1. The molecule has 0 aliphatic carbocycles. The average Bonchev–Trinajstić information content (AvgIpc) is 4.14. The van der Waals surface area contributed by atoms with Crippen molar-refractivity contribution in [2.24, 2.45) is 4.99 Å². The van der Waals surface area contributed by atoms with Gasteiger partial charge in [-0.15, -0.1) is 0 Å². The molecule has 4 atom stereocenters. The Kier molecular flexibility index (Phi) is 13.6. The van der Waals surface area contributed by atoms with Gasteiger partial charge in [-0.2, -0.15) is 22.7 Å². The molecule has 5 aromatic rings. The number of carbonyl (C=O) groups is 4. The molecule has 15 heteroatoms. The molecule has 8 rings (SSSR count). The molecule has 3 aliphatic heterocycles. The molecule has 0 radical (unpaired) electrons. The molecule has 2 saturated heterocycles. The fourth-order valence-electron chi connectivity index (χ4n) is 8.80. The number of carbonyl (C=O) groups excluding carboxylic acids is 4. The summed E-state index contributed by atoms with van der Waals surface area (Å²) >= 11 is 3.18. The number of H-pyrrole nitrogens is 1. The molecule has 0 bridgehead atoms. The number of allylic oxidation sites excluding steroid dienone is 1. The van der Waals surface area contributed by atoms with Crippen LogP contribution < -0.4 is 10.6 Å². The summed E-state index contributed by atoms with van der Waals surface area (Å²) in [5.74, 6) is 0.745. The van der Waals surface area contributed by atoms with Crippen LogP contribution in [0, 0.1) is 0 Å². The van der Waals surface area contributed by atoms with Gasteiger partial charge in [0, 0.05) is 56.3 Å². The van der Waals surface area contributed by atoms with E-state index in [2.05, 4.69) is 64.1 Å². The lowest BCUT2D eigenvalue weighted by Gasteiger charge is -2.27. The molecule has 2 aromatic carbocycles. The van der Waals surface area contributed by atoms with Crippen LogP contribution in [0.1, 0.15) is 73.5 Å². The molecule has 3 N–H and O–H groups in total. The van der Waals surface area contributed by atoms with Crippen LogP contribution in [-0.2, 0) is 31.9 Å². The van der Waals surface area contributed by atoms with E-state index in [0.29, 0.717) is 32.4 Å². The van der Waals surface area contributed by atoms with Gasteiger partial charge in [0.2, 0.25) is 11.8 Å². The lowest BCUT2D eigenvalue weighted by atomic mass is 9.96. The number of aliphatic imine (C=N–C) groups is 1. The second-order valence-electron chi connectivity index (χ2n) is 16.0. The summed E-state index contributed by atoms with van der Waals surface area (Å²) in [5.41, 5.74) is 9.42. The minimum atomic E-state index is -0.548. The molecule has 4 amide bonds. The molecule has 322 valence electrons. The second kappa shape index (κ2) is 19.8. The van der Waals surface area contributed by atoms with Crippen molar-refractivity contribution in [2.75, 3.05) is 27.3 Å². The maximum atomic E-state index is 13.7. The monoisotopic (exact) mass is 873 g/mol. The number of benzene rings is 2. The van der Waals surface area contributed by atoms with Gasteiger partial charge in [-0.25, -0.2) is 14.6 Å². The average molecular weight is 874 g/mol. The molecular weight excluding hydrogens is 823 g/mol. The first-order chi connectivity index (χ1) is 30.2. The lowest BCUT2D eigenvalue weighted by molar-refractivity contribution is -0.133. The van der Waals surface area contributed by atoms with Gasteiger partial charge in [-0.1, -0.05) is 48.5 Å². The Morgan fingerprint density at radius 2 is 1.24 bits per heavy atom. The van der Waals surface area contributed by atoms with Crippen LogP contribution in [0.15, 0.2) is 99.6 Å². The van der Waals surface area contributed by atoms with Crippen LogP contribution in [0.25, 0.3) is 28.0 Å². The zero-order valence-electron chi connectivity index (χ0n) is 34.9. The number of aromatic amines is 1. The molecule has 0 saturated carbocycles.